The molecule has 0 heterocycles. The minimum atomic E-state index is -1.18. The van der Waals surface area contributed by atoms with Crippen LogP contribution in [0, 0.1) is 0 Å². The fraction of sp³-hybridized carbons (Fsp3) is 0.100. The third-order valence-corrected chi connectivity index (χ3v) is 1.46. The number of ether oxygens (including phenoxy) is 1. The summed E-state index contributed by atoms with van der Waals surface area (Å²) in [7, 11) is 0. The van der Waals surface area contributed by atoms with Crippen molar-refractivity contribution in [2.75, 3.05) is 6.61 Å². The van der Waals surface area contributed by atoms with Crippen molar-refractivity contribution in [3.63, 3.8) is 0 Å². The van der Waals surface area contributed by atoms with Crippen LogP contribution in [0.15, 0.2) is 36.9 Å². The summed E-state index contributed by atoms with van der Waals surface area (Å²) in [5.41, 5.74) is 0.144. The molecule has 0 aliphatic carbocycles. The second-order valence-corrected chi connectivity index (χ2v) is 2.41. The Morgan fingerprint density at radius 3 is 2.43 bits per heavy atom. The van der Waals surface area contributed by atoms with Crippen molar-refractivity contribution in [2.24, 2.45) is 0 Å². The zero-order valence-electron chi connectivity index (χ0n) is 8.03. The number of carbonyl (C=O) groups is 1. The zero-order valence-corrected chi connectivity index (χ0v) is 11.1. The Morgan fingerprint density at radius 2 is 2.00 bits per heavy atom. The number of hydrogen-bond donors (Lipinski definition) is 0. The average molecular weight is 216 g/mol. The molecule has 0 amide bonds. The van der Waals surface area contributed by atoms with Crippen LogP contribution in [-0.4, -0.2) is 12.6 Å². The van der Waals surface area contributed by atoms with Crippen LogP contribution in [0.3, 0.4) is 0 Å². The summed E-state index contributed by atoms with van der Waals surface area (Å²) in [5, 5.41) is 10.4. The van der Waals surface area contributed by atoms with E-state index in [0.717, 1.165) is 0 Å². The van der Waals surface area contributed by atoms with E-state index in [2.05, 4.69) is 6.58 Å². The SMILES string of the molecule is C=CCOc1ccc(C(=O)[O-])cc1.[K+]. The first kappa shape index (κ1) is 13.9. The van der Waals surface area contributed by atoms with Gasteiger partial charge in [0.25, 0.3) is 0 Å². The number of aromatic carboxylic acids is 1. The average Bonchev–Trinajstić information content (AvgIpc) is 2.15. The van der Waals surface area contributed by atoms with Crippen LogP contribution >= 0.6 is 0 Å². The largest absolute Gasteiger partial charge is 1.00 e. The van der Waals surface area contributed by atoms with E-state index in [1.807, 2.05) is 0 Å². The van der Waals surface area contributed by atoms with Gasteiger partial charge in [0.2, 0.25) is 0 Å². The van der Waals surface area contributed by atoms with E-state index >= 15 is 0 Å². The second kappa shape index (κ2) is 7.20. The van der Waals surface area contributed by atoms with E-state index in [4.69, 9.17) is 4.74 Å². The van der Waals surface area contributed by atoms with Crippen molar-refractivity contribution in [2.45, 2.75) is 0 Å². The van der Waals surface area contributed by atoms with Crippen LogP contribution in [0.5, 0.6) is 5.75 Å². The molecule has 0 aliphatic heterocycles. The maximum Gasteiger partial charge on any atom is 1.00 e. The van der Waals surface area contributed by atoms with Gasteiger partial charge in [0.1, 0.15) is 12.4 Å². The summed E-state index contributed by atoms with van der Waals surface area (Å²) in [6.45, 7) is 3.90. The van der Waals surface area contributed by atoms with Crippen LogP contribution in [0.1, 0.15) is 10.4 Å². The van der Waals surface area contributed by atoms with Crippen LogP contribution in [0.25, 0.3) is 0 Å². The molecule has 1 aromatic carbocycles. The van der Waals surface area contributed by atoms with Crippen molar-refractivity contribution in [3.8, 4) is 5.75 Å². The summed E-state index contributed by atoms with van der Waals surface area (Å²) < 4.78 is 5.16. The Kier molecular flexibility index (Phi) is 7.13. The standard InChI is InChI=1S/C10H10O3.K/c1-2-7-13-9-5-3-8(4-6-9)10(11)12;/h2-6H,1,7H2,(H,11,12);/q;+1/p-1. The topological polar surface area (TPSA) is 49.4 Å². The molecule has 0 saturated carbocycles. The van der Waals surface area contributed by atoms with E-state index in [1.165, 1.54) is 12.1 Å². The summed E-state index contributed by atoms with van der Waals surface area (Å²) in [5.74, 6) is -0.569. The molecule has 1 aromatic rings. The molecule has 0 spiro atoms. The molecule has 0 N–H and O–H groups in total. The van der Waals surface area contributed by atoms with E-state index in [1.54, 1.807) is 18.2 Å². The number of benzene rings is 1. The maximum absolute atomic E-state index is 10.4. The molecule has 0 saturated heterocycles. The summed E-state index contributed by atoms with van der Waals surface area (Å²) in [6.07, 6.45) is 1.62. The third kappa shape index (κ3) is 4.39. The molecule has 4 heteroatoms. The molecule has 0 aliphatic rings. The van der Waals surface area contributed by atoms with Gasteiger partial charge in [0, 0.05) is 0 Å². The normalized spacial score (nSPS) is 8.57. The summed E-state index contributed by atoms with van der Waals surface area (Å²) in [4.78, 5) is 10.4. The number of carbonyl (C=O) groups excluding carboxylic acids is 1. The van der Waals surface area contributed by atoms with Crippen molar-refractivity contribution < 1.29 is 66.0 Å². The van der Waals surface area contributed by atoms with Crippen LogP contribution in [-0.2, 0) is 0 Å². The van der Waals surface area contributed by atoms with Gasteiger partial charge in [-0.1, -0.05) is 12.7 Å². The molecule has 0 radical (unpaired) electrons. The van der Waals surface area contributed by atoms with Gasteiger partial charge in [-0.2, -0.15) is 0 Å². The number of carboxylic acid groups (broad SMARTS) is 1. The van der Waals surface area contributed by atoms with Crippen molar-refractivity contribution >= 4 is 5.97 Å². The number of rotatable bonds is 4. The number of carboxylic acids is 1. The third-order valence-electron chi connectivity index (χ3n) is 1.46. The molecule has 68 valence electrons. The van der Waals surface area contributed by atoms with Gasteiger partial charge < -0.3 is 14.6 Å². The molecular weight excluding hydrogens is 207 g/mol. The predicted molar refractivity (Wildman–Crippen MR) is 46.5 cm³/mol. The van der Waals surface area contributed by atoms with Crippen molar-refractivity contribution in [1.82, 2.24) is 0 Å². The fourth-order valence-electron chi connectivity index (χ4n) is 0.842. The van der Waals surface area contributed by atoms with Crippen LogP contribution < -0.4 is 61.2 Å². The minimum Gasteiger partial charge on any atom is -0.545 e. The molecule has 1 rings (SSSR count). The zero-order chi connectivity index (χ0) is 9.68. The monoisotopic (exact) mass is 216 g/mol. The van der Waals surface area contributed by atoms with Gasteiger partial charge in [0.05, 0.1) is 5.97 Å². The van der Waals surface area contributed by atoms with Crippen molar-refractivity contribution in [3.05, 3.63) is 42.5 Å². The summed E-state index contributed by atoms with van der Waals surface area (Å²) >= 11 is 0. The van der Waals surface area contributed by atoms with Gasteiger partial charge >= 0.3 is 51.4 Å². The van der Waals surface area contributed by atoms with Gasteiger partial charge in [-0.15, -0.1) is 0 Å². The summed E-state index contributed by atoms with van der Waals surface area (Å²) in [6, 6.07) is 6.03. The first-order valence-corrected chi connectivity index (χ1v) is 3.79. The Balaban J connectivity index is 0.00000169. The van der Waals surface area contributed by atoms with E-state index in [0.29, 0.717) is 12.4 Å². The predicted octanol–water partition coefficient (Wildman–Crippen LogP) is -2.38. The van der Waals surface area contributed by atoms with Gasteiger partial charge in [0.15, 0.2) is 0 Å². The molecule has 14 heavy (non-hydrogen) atoms. The molecule has 0 fully saturated rings. The fourth-order valence-corrected chi connectivity index (χ4v) is 0.842. The first-order chi connectivity index (χ1) is 6.24. The molecule has 0 atom stereocenters. The van der Waals surface area contributed by atoms with Crippen molar-refractivity contribution in [1.29, 1.82) is 0 Å². The maximum atomic E-state index is 10.4. The minimum absolute atomic E-state index is 0. The smallest absolute Gasteiger partial charge is 0.545 e. The Hall–Kier alpha value is -0.134. The Labute approximate surface area is 125 Å². The van der Waals surface area contributed by atoms with E-state index in [9.17, 15) is 9.90 Å². The van der Waals surface area contributed by atoms with Gasteiger partial charge in [-0.3, -0.25) is 0 Å². The molecular formula is C10H9KO3. The van der Waals surface area contributed by atoms with Gasteiger partial charge in [-0.25, -0.2) is 0 Å². The quantitative estimate of drug-likeness (QED) is 0.417. The molecule has 0 aromatic heterocycles. The first-order valence-electron chi connectivity index (χ1n) is 3.79. The molecule has 0 unspecified atom stereocenters. The van der Waals surface area contributed by atoms with E-state index in [-0.39, 0.29) is 56.9 Å². The Bertz CT molecular complexity index is 306. The Morgan fingerprint density at radius 1 is 1.43 bits per heavy atom. The molecule has 3 nitrogen and oxygen atoms in total. The van der Waals surface area contributed by atoms with E-state index < -0.39 is 5.97 Å². The number of hydrogen-bond acceptors (Lipinski definition) is 3. The second-order valence-electron chi connectivity index (χ2n) is 2.41. The molecule has 0 bridgehead atoms. The van der Waals surface area contributed by atoms with Gasteiger partial charge in [-0.05, 0) is 29.8 Å². The van der Waals surface area contributed by atoms with Crippen LogP contribution in [0.2, 0.25) is 0 Å². The van der Waals surface area contributed by atoms with Crippen LogP contribution in [0.4, 0.5) is 0 Å².